The average Bonchev–Trinajstić information content (AvgIpc) is 3.35. The number of hydrogen-bond donors (Lipinski definition) is 1. The lowest BCUT2D eigenvalue weighted by Crippen LogP contribution is -2.25. The Bertz CT molecular complexity index is 1150. The zero-order chi connectivity index (χ0) is 23.4. The molecule has 12 heteroatoms. The van der Waals surface area contributed by atoms with Gasteiger partial charge in [-0.2, -0.15) is 0 Å². The van der Waals surface area contributed by atoms with E-state index in [9.17, 15) is 18.0 Å². The van der Waals surface area contributed by atoms with Crippen molar-refractivity contribution in [3.63, 3.8) is 0 Å². The van der Waals surface area contributed by atoms with Crippen molar-refractivity contribution in [2.45, 2.75) is 42.4 Å². The number of sulfone groups is 1. The monoisotopic (exact) mass is 493 g/mol. The largest absolute Gasteiger partial charge is 0.462 e. The number of benzene rings is 1. The number of anilines is 1. The van der Waals surface area contributed by atoms with Crippen molar-refractivity contribution in [2.75, 3.05) is 25.1 Å². The molecule has 1 amide bonds. The molecule has 0 unspecified atom stereocenters. The van der Waals surface area contributed by atoms with Gasteiger partial charge in [-0.25, -0.2) is 18.2 Å². The van der Waals surface area contributed by atoms with Gasteiger partial charge in [0.25, 0.3) is 5.91 Å². The summed E-state index contributed by atoms with van der Waals surface area (Å²) >= 11 is 0.968. The van der Waals surface area contributed by atoms with E-state index in [0.717, 1.165) is 11.3 Å². The summed E-state index contributed by atoms with van der Waals surface area (Å²) in [5, 5.41) is 6.51. The molecule has 2 fully saturated rings. The van der Waals surface area contributed by atoms with Crippen LogP contribution in [-0.4, -0.2) is 62.2 Å². The first-order valence-electron chi connectivity index (χ1n) is 10.5. The Morgan fingerprint density at radius 1 is 1.24 bits per heavy atom. The number of carbonyl (C=O) groups excluding carboxylic acids is 2. The maximum Gasteiger partial charge on any atom is 0.350 e. The van der Waals surface area contributed by atoms with Gasteiger partial charge in [-0.3, -0.25) is 10.1 Å². The SMILES string of the molecule is CCOC(=O)c1cnc(NC(=O)C(=NO[C@@H]2CCOC2)c2ccc(S(=O)(=O)C3CC3)cc2)s1. The molecular formula is C21H23N3O7S2. The lowest BCUT2D eigenvalue weighted by atomic mass is 10.1. The Hall–Kier alpha value is -2.83. The first kappa shape index (κ1) is 23.3. The van der Waals surface area contributed by atoms with Gasteiger partial charge in [0.1, 0.15) is 4.88 Å². The molecule has 1 N–H and O–H groups in total. The Labute approximate surface area is 194 Å². The molecular weight excluding hydrogens is 470 g/mol. The lowest BCUT2D eigenvalue weighted by Gasteiger charge is -2.10. The molecule has 0 radical (unpaired) electrons. The molecule has 1 aliphatic heterocycles. The fourth-order valence-electron chi connectivity index (χ4n) is 3.11. The molecule has 1 aliphatic carbocycles. The quantitative estimate of drug-likeness (QED) is 0.320. The first-order chi connectivity index (χ1) is 15.9. The molecule has 0 bridgehead atoms. The molecule has 1 atom stereocenters. The highest BCUT2D eigenvalue weighted by Crippen LogP contribution is 2.33. The normalized spacial score (nSPS) is 18.7. The van der Waals surface area contributed by atoms with Gasteiger partial charge in [0, 0.05) is 12.0 Å². The zero-order valence-electron chi connectivity index (χ0n) is 17.9. The van der Waals surface area contributed by atoms with Crippen LogP contribution in [0.25, 0.3) is 0 Å². The third-order valence-electron chi connectivity index (χ3n) is 5.02. The van der Waals surface area contributed by atoms with Gasteiger partial charge >= 0.3 is 5.97 Å². The molecule has 1 aromatic carbocycles. The van der Waals surface area contributed by atoms with E-state index in [1.807, 2.05) is 0 Å². The third kappa shape index (κ3) is 5.57. The van der Waals surface area contributed by atoms with Crippen LogP contribution in [0.5, 0.6) is 0 Å². The number of nitrogens with one attached hydrogen (secondary N) is 1. The summed E-state index contributed by atoms with van der Waals surface area (Å²) in [4.78, 5) is 34.8. The highest BCUT2D eigenvalue weighted by Gasteiger charge is 2.36. The summed E-state index contributed by atoms with van der Waals surface area (Å²) in [5.74, 6) is -1.14. The highest BCUT2D eigenvalue weighted by atomic mass is 32.2. The molecule has 33 heavy (non-hydrogen) atoms. The summed E-state index contributed by atoms with van der Waals surface area (Å²) in [7, 11) is -3.35. The van der Waals surface area contributed by atoms with E-state index in [2.05, 4.69) is 15.5 Å². The van der Waals surface area contributed by atoms with E-state index >= 15 is 0 Å². The number of aromatic nitrogens is 1. The number of esters is 1. The van der Waals surface area contributed by atoms with Crippen molar-refractivity contribution < 1.29 is 32.3 Å². The minimum Gasteiger partial charge on any atom is -0.462 e. The minimum absolute atomic E-state index is 0.0508. The molecule has 2 aliphatic rings. The summed E-state index contributed by atoms with van der Waals surface area (Å²) in [6.45, 7) is 2.84. The fourth-order valence-corrected chi connectivity index (χ4v) is 5.47. The van der Waals surface area contributed by atoms with Crippen LogP contribution in [0.4, 0.5) is 5.13 Å². The number of hydrogen-bond acceptors (Lipinski definition) is 10. The second-order valence-electron chi connectivity index (χ2n) is 7.50. The maximum atomic E-state index is 13.0. The number of ether oxygens (including phenoxy) is 2. The van der Waals surface area contributed by atoms with E-state index < -0.39 is 21.7 Å². The van der Waals surface area contributed by atoms with E-state index in [4.69, 9.17) is 14.3 Å². The second-order valence-corrected chi connectivity index (χ2v) is 10.8. The molecule has 4 rings (SSSR count). The van der Waals surface area contributed by atoms with Gasteiger partial charge in [-0.15, -0.1) is 0 Å². The van der Waals surface area contributed by atoms with Gasteiger partial charge in [0.05, 0.1) is 36.2 Å². The number of rotatable bonds is 9. The lowest BCUT2D eigenvalue weighted by molar-refractivity contribution is -0.110. The van der Waals surface area contributed by atoms with E-state index in [1.54, 1.807) is 6.92 Å². The van der Waals surface area contributed by atoms with Crippen LogP contribution in [0.15, 0.2) is 40.5 Å². The Morgan fingerprint density at radius 3 is 2.64 bits per heavy atom. The predicted octanol–water partition coefficient (Wildman–Crippen LogP) is 2.40. The van der Waals surface area contributed by atoms with Crippen LogP contribution >= 0.6 is 11.3 Å². The number of nitrogens with zero attached hydrogens (tertiary/aromatic N) is 2. The van der Waals surface area contributed by atoms with Gasteiger partial charge in [0.2, 0.25) is 0 Å². The Kier molecular flexibility index (Phi) is 7.05. The predicted molar refractivity (Wildman–Crippen MR) is 120 cm³/mol. The zero-order valence-corrected chi connectivity index (χ0v) is 19.5. The van der Waals surface area contributed by atoms with Gasteiger partial charge in [0.15, 0.2) is 26.8 Å². The fraction of sp³-hybridized carbons (Fsp3) is 0.429. The van der Waals surface area contributed by atoms with E-state index in [1.165, 1.54) is 30.5 Å². The molecule has 0 spiro atoms. The molecule has 1 saturated carbocycles. The molecule has 2 heterocycles. The van der Waals surface area contributed by atoms with Crippen molar-refractivity contribution >= 4 is 43.9 Å². The summed E-state index contributed by atoms with van der Waals surface area (Å²) in [5.41, 5.74) is 0.327. The smallest absolute Gasteiger partial charge is 0.350 e. The number of carbonyl (C=O) groups is 2. The Morgan fingerprint density at radius 2 is 2.00 bits per heavy atom. The number of oxime groups is 1. The molecule has 176 valence electrons. The number of thiazole rings is 1. The summed E-state index contributed by atoms with van der Waals surface area (Å²) in [6.07, 6.45) is 3.01. The highest BCUT2D eigenvalue weighted by molar-refractivity contribution is 7.92. The van der Waals surface area contributed by atoms with Gasteiger partial charge in [-0.05, 0) is 31.9 Å². The maximum absolute atomic E-state index is 13.0. The van der Waals surface area contributed by atoms with Gasteiger partial charge < -0.3 is 14.3 Å². The topological polar surface area (TPSA) is 133 Å². The van der Waals surface area contributed by atoms with Crippen molar-refractivity contribution in [1.29, 1.82) is 0 Å². The van der Waals surface area contributed by atoms with Crippen molar-refractivity contribution in [2.24, 2.45) is 5.16 Å². The molecule has 1 saturated heterocycles. The average molecular weight is 494 g/mol. The molecule has 2 aromatic rings. The first-order valence-corrected chi connectivity index (χ1v) is 12.8. The molecule has 1 aromatic heterocycles. The standard InChI is InChI=1S/C21H23N3O7S2/c1-2-30-20(26)17-11-22-21(32-17)23-19(25)18(24-31-14-9-10-29-12-14)13-3-5-15(6-4-13)33(27,28)16-7-8-16/h3-6,11,14,16H,2,7-10,12H2,1H3,(H,22,23,25)/t14-/m1/s1. The minimum atomic E-state index is -3.35. The number of amides is 1. The van der Waals surface area contributed by atoms with Crippen LogP contribution in [-0.2, 0) is 28.9 Å². The van der Waals surface area contributed by atoms with Crippen LogP contribution in [0.2, 0.25) is 0 Å². The van der Waals surface area contributed by atoms with Crippen molar-refractivity contribution in [1.82, 2.24) is 4.98 Å². The molecule has 10 nitrogen and oxygen atoms in total. The van der Waals surface area contributed by atoms with E-state index in [-0.39, 0.29) is 38.6 Å². The summed E-state index contributed by atoms with van der Waals surface area (Å²) in [6, 6.07) is 5.97. The van der Waals surface area contributed by atoms with Crippen LogP contribution < -0.4 is 5.32 Å². The summed E-state index contributed by atoms with van der Waals surface area (Å²) < 4.78 is 35.1. The van der Waals surface area contributed by atoms with Gasteiger partial charge in [-0.1, -0.05) is 28.6 Å². The van der Waals surface area contributed by atoms with Crippen LogP contribution in [0.3, 0.4) is 0 Å². The van der Waals surface area contributed by atoms with Crippen LogP contribution in [0, 0.1) is 0 Å². The Balaban J connectivity index is 1.55. The van der Waals surface area contributed by atoms with Crippen molar-refractivity contribution in [3.05, 3.63) is 40.9 Å². The van der Waals surface area contributed by atoms with E-state index in [0.29, 0.717) is 38.0 Å². The van der Waals surface area contributed by atoms with Crippen LogP contribution in [0.1, 0.15) is 41.4 Å². The second kappa shape index (κ2) is 9.98. The third-order valence-corrected chi connectivity index (χ3v) is 8.19. The van der Waals surface area contributed by atoms with Crippen molar-refractivity contribution in [3.8, 4) is 0 Å².